The fourth-order valence-corrected chi connectivity index (χ4v) is 2.17. The van der Waals surface area contributed by atoms with Gasteiger partial charge in [-0.15, -0.1) is 0 Å². The summed E-state index contributed by atoms with van der Waals surface area (Å²) < 4.78 is 0. The van der Waals surface area contributed by atoms with Gasteiger partial charge in [-0.3, -0.25) is 0 Å². The van der Waals surface area contributed by atoms with Crippen LogP contribution in [0.15, 0.2) is 24.3 Å². The second-order valence-electron chi connectivity index (χ2n) is 4.27. The van der Waals surface area contributed by atoms with Crippen molar-refractivity contribution in [3.8, 4) is 0 Å². The molecule has 0 amide bonds. The first-order valence-electron chi connectivity index (χ1n) is 6.82. The fourth-order valence-electron chi connectivity index (χ4n) is 2.17. The molecule has 0 atom stereocenters. The van der Waals surface area contributed by atoms with Gasteiger partial charge in [0, 0.05) is 31.9 Å². The third-order valence-corrected chi connectivity index (χ3v) is 3.22. The molecule has 1 aromatic carbocycles. The molecule has 1 heterocycles. The quantitative estimate of drug-likeness (QED) is 0.776. The Hall–Kier alpha value is -1.02. The zero-order valence-corrected chi connectivity index (χ0v) is 11.7. The zero-order chi connectivity index (χ0) is 12.7. The molecule has 0 unspecified atom stereocenters. The van der Waals surface area contributed by atoms with Crippen LogP contribution >= 0.6 is 0 Å². The van der Waals surface area contributed by atoms with E-state index < -0.39 is 0 Å². The van der Waals surface area contributed by atoms with E-state index in [2.05, 4.69) is 48.0 Å². The molecule has 1 aromatic rings. The number of anilines is 1. The summed E-state index contributed by atoms with van der Waals surface area (Å²) in [4.78, 5) is 4.91. The van der Waals surface area contributed by atoms with Crippen molar-refractivity contribution in [2.75, 3.05) is 38.1 Å². The van der Waals surface area contributed by atoms with Crippen LogP contribution in [0.5, 0.6) is 0 Å². The van der Waals surface area contributed by atoms with Gasteiger partial charge in [-0.05, 0) is 25.1 Å². The van der Waals surface area contributed by atoms with Crippen molar-refractivity contribution in [2.24, 2.45) is 0 Å². The van der Waals surface area contributed by atoms with Gasteiger partial charge in [0.1, 0.15) is 0 Å². The minimum Gasteiger partial charge on any atom is -0.369 e. The van der Waals surface area contributed by atoms with E-state index in [1.165, 1.54) is 24.3 Å². The van der Waals surface area contributed by atoms with Crippen LogP contribution in [0.2, 0.25) is 0 Å². The molecule has 1 saturated heterocycles. The fraction of sp³-hybridized carbons (Fsp3) is 0.600. The normalized spacial score (nSPS) is 16.4. The Morgan fingerprint density at radius 3 is 2.18 bits per heavy atom. The largest absolute Gasteiger partial charge is 0.369 e. The summed E-state index contributed by atoms with van der Waals surface area (Å²) in [5, 5.41) is 0. The van der Waals surface area contributed by atoms with E-state index in [1.54, 1.807) is 0 Å². The van der Waals surface area contributed by atoms with E-state index in [0.717, 1.165) is 19.5 Å². The van der Waals surface area contributed by atoms with E-state index in [4.69, 9.17) is 0 Å². The van der Waals surface area contributed by atoms with Gasteiger partial charge < -0.3 is 9.80 Å². The van der Waals surface area contributed by atoms with Gasteiger partial charge in [0.25, 0.3) is 0 Å². The lowest BCUT2D eigenvalue weighted by Gasteiger charge is -2.35. The molecule has 0 aromatic heterocycles. The summed E-state index contributed by atoms with van der Waals surface area (Å²) in [6.07, 6.45) is 1.13. The van der Waals surface area contributed by atoms with E-state index in [0.29, 0.717) is 0 Å². The molecule has 1 aliphatic rings. The number of benzene rings is 1. The molecule has 0 N–H and O–H groups in total. The lowest BCUT2D eigenvalue weighted by Crippen LogP contribution is -2.44. The third-order valence-electron chi connectivity index (χ3n) is 3.22. The Morgan fingerprint density at radius 1 is 1.00 bits per heavy atom. The van der Waals surface area contributed by atoms with Crippen LogP contribution in [0.1, 0.15) is 26.3 Å². The average molecular weight is 234 g/mol. The van der Waals surface area contributed by atoms with Crippen molar-refractivity contribution in [1.82, 2.24) is 4.90 Å². The Labute approximate surface area is 106 Å². The van der Waals surface area contributed by atoms with Gasteiger partial charge in [-0.25, -0.2) is 0 Å². The second kappa shape index (κ2) is 7.33. The average Bonchev–Trinajstić information content (AvgIpc) is 2.42. The van der Waals surface area contributed by atoms with Gasteiger partial charge in [0.05, 0.1) is 0 Å². The molecule has 17 heavy (non-hydrogen) atoms. The topological polar surface area (TPSA) is 6.48 Å². The van der Waals surface area contributed by atoms with Crippen molar-refractivity contribution < 1.29 is 0 Å². The Balaban J connectivity index is 0.000000686. The van der Waals surface area contributed by atoms with E-state index in [1.807, 2.05) is 13.8 Å². The molecule has 0 radical (unpaired) electrons. The zero-order valence-electron chi connectivity index (χ0n) is 11.7. The van der Waals surface area contributed by atoms with E-state index >= 15 is 0 Å². The summed E-state index contributed by atoms with van der Waals surface area (Å²) in [5.41, 5.74) is 2.91. The first-order chi connectivity index (χ1) is 8.31. The number of para-hydroxylation sites is 1. The lowest BCUT2D eigenvalue weighted by molar-refractivity contribution is 0.312. The molecule has 1 fully saturated rings. The Kier molecular flexibility index (Phi) is 6.06. The Morgan fingerprint density at radius 2 is 1.59 bits per heavy atom. The van der Waals surface area contributed by atoms with Gasteiger partial charge in [-0.1, -0.05) is 39.0 Å². The molecule has 0 bridgehead atoms. The number of nitrogens with zero attached hydrogens (tertiary/aromatic N) is 2. The lowest BCUT2D eigenvalue weighted by atomic mass is 10.1. The van der Waals surface area contributed by atoms with Crippen molar-refractivity contribution in [3.63, 3.8) is 0 Å². The minimum atomic E-state index is 1.13. The number of piperazine rings is 1. The van der Waals surface area contributed by atoms with Crippen molar-refractivity contribution in [3.05, 3.63) is 29.8 Å². The first kappa shape index (κ1) is 14.0. The summed E-state index contributed by atoms with van der Waals surface area (Å²) in [6.45, 7) is 10.9. The number of aryl methyl sites for hydroxylation is 1. The Bertz CT molecular complexity index is 314. The van der Waals surface area contributed by atoms with E-state index in [-0.39, 0.29) is 0 Å². The van der Waals surface area contributed by atoms with Gasteiger partial charge in [0.2, 0.25) is 0 Å². The highest BCUT2D eigenvalue weighted by molar-refractivity contribution is 5.54. The standard InChI is InChI=1S/C13H20N2.C2H6/c1-3-12-6-4-5-7-13(12)15-10-8-14(2)9-11-15;1-2/h4-7H,3,8-11H2,1-2H3;1-2H3. The van der Waals surface area contributed by atoms with Crippen LogP contribution in [0.4, 0.5) is 5.69 Å². The van der Waals surface area contributed by atoms with Gasteiger partial charge in [-0.2, -0.15) is 0 Å². The highest BCUT2D eigenvalue weighted by atomic mass is 15.2. The van der Waals surface area contributed by atoms with Crippen molar-refractivity contribution in [2.45, 2.75) is 27.2 Å². The highest BCUT2D eigenvalue weighted by Gasteiger charge is 2.15. The maximum absolute atomic E-state index is 2.51. The maximum atomic E-state index is 2.51. The molecule has 2 nitrogen and oxygen atoms in total. The number of hydrogen-bond acceptors (Lipinski definition) is 2. The predicted octanol–water partition coefficient (Wildman–Crippen LogP) is 3.03. The minimum absolute atomic E-state index is 1.13. The molecular weight excluding hydrogens is 208 g/mol. The van der Waals surface area contributed by atoms with Crippen molar-refractivity contribution in [1.29, 1.82) is 0 Å². The molecule has 0 spiro atoms. The molecule has 0 aliphatic carbocycles. The second-order valence-corrected chi connectivity index (χ2v) is 4.27. The molecule has 2 heteroatoms. The molecule has 96 valence electrons. The number of rotatable bonds is 2. The first-order valence-corrected chi connectivity index (χ1v) is 6.82. The van der Waals surface area contributed by atoms with Crippen LogP contribution in [-0.4, -0.2) is 38.1 Å². The molecule has 0 saturated carbocycles. The maximum Gasteiger partial charge on any atom is 0.0399 e. The smallest absolute Gasteiger partial charge is 0.0399 e. The van der Waals surface area contributed by atoms with Gasteiger partial charge in [0.15, 0.2) is 0 Å². The van der Waals surface area contributed by atoms with Crippen molar-refractivity contribution >= 4 is 5.69 Å². The third kappa shape index (κ3) is 3.74. The molecular formula is C15H26N2. The number of hydrogen-bond donors (Lipinski definition) is 0. The van der Waals surface area contributed by atoms with Crippen LogP contribution in [-0.2, 0) is 6.42 Å². The predicted molar refractivity (Wildman–Crippen MR) is 76.9 cm³/mol. The SMILES string of the molecule is CC.CCc1ccccc1N1CCN(C)CC1. The van der Waals surface area contributed by atoms with Crippen LogP contribution in [0.25, 0.3) is 0 Å². The number of likely N-dealkylation sites (N-methyl/N-ethyl adjacent to an activating group) is 1. The van der Waals surface area contributed by atoms with Gasteiger partial charge >= 0.3 is 0 Å². The van der Waals surface area contributed by atoms with Crippen LogP contribution in [0, 0.1) is 0 Å². The van der Waals surface area contributed by atoms with E-state index in [9.17, 15) is 0 Å². The summed E-state index contributed by atoms with van der Waals surface area (Å²) in [6, 6.07) is 8.78. The monoisotopic (exact) mass is 234 g/mol. The highest BCUT2D eigenvalue weighted by Crippen LogP contribution is 2.21. The van der Waals surface area contributed by atoms with Crippen LogP contribution < -0.4 is 4.90 Å². The summed E-state index contributed by atoms with van der Waals surface area (Å²) >= 11 is 0. The van der Waals surface area contributed by atoms with Crippen LogP contribution in [0.3, 0.4) is 0 Å². The summed E-state index contributed by atoms with van der Waals surface area (Å²) in [7, 11) is 2.20. The molecule has 2 rings (SSSR count). The summed E-state index contributed by atoms with van der Waals surface area (Å²) in [5.74, 6) is 0. The molecule has 1 aliphatic heterocycles.